The fraction of sp³-hybridized carbons (Fsp3) is 0.895. The van der Waals surface area contributed by atoms with Crippen LogP contribution in [0.5, 0.6) is 0 Å². The van der Waals surface area contributed by atoms with Crippen LogP contribution in [0.4, 0.5) is 0 Å². The highest BCUT2D eigenvalue weighted by Gasteiger charge is 2.71. The summed E-state index contributed by atoms with van der Waals surface area (Å²) in [6.45, 7) is 9.33. The van der Waals surface area contributed by atoms with E-state index in [1.165, 1.54) is 6.26 Å². The molecule has 0 aromatic heterocycles. The van der Waals surface area contributed by atoms with Crippen LogP contribution in [0, 0.1) is 17.3 Å². The van der Waals surface area contributed by atoms with Crippen molar-refractivity contribution in [1.29, 1.82) is 0 Å². The molecule has 6 nitrogen and oxygen atoms in total. The summed E-state index contributed by atoms with van der Waals surface area (Å²) in [5, 5.41) is 0. The molecule has 3 rings (SSSR count). The third-order valence-electron chi connectivity index (χ3n) is 5.74. The molecule has 26 heavy (non-hydrogen) atoms. The minimum atomic E-state index is -3.20. The van der Waals surface area contributed by atoms with Crippen LogP contribution in [0.3, 0.4) is 0 Å². The van der Waals surface area contributed by atoms with Crippen LogP contribution >= 0.6 is 0 Å². The zero-order valence-electron chi connectivity index (χ0n) is 16.8. The molecule has 0 aliphatic heterocycles. The standard InChI is InChI=1S/C19H33NO5S/c1-13(16(22)25-17(3,4)5)8-7-9-15(21)14(2)18-10-19(11-18,12-18)20-26(6,23)24/h13-14,20H,7-12H2,1-6H3. The fourth-order valence-corrected chi connectivity index (χ4v) is 5.49. The van der Waals surface area contributed by atoms with E-state index in [0.29, 0.717) is 19.3 Å². The molecule has 3 fully saturated rings. The zero-order chi connectivity index (χ0) is 20.0. The average Bonchev–Trinajstić information content (AvgIpc) is 2.37. The van der Waals surface area contributed by atoms with Crippen molar-refractivity contribution in [2.45, 2.75) is 84.3 Å². The lowest BCUT2D eigenvalue weighted by molar-refractivity contribution is -0.182. The van der Waals surface area contributed by atoms with Gasteiger partial charge in [-0.05, 0) is 58.3 Å². The van der Waals surface area contributed by atoms with Crippen LogP contribution in [0.25, 0.3) is 0 Å². The van der Waals surface area contributed by atoms with Gasteiger partial charge >= 0.3 is 5.97 Å². The maximum Gasteiger partial charge on any atom is 0.309 e. The van der Waals surface area contributed by atoms with Crippen molar-refractivity contribution in [3.8, 4) is 0 Å². The Morgan fingerprint density at radius 1 is 1.15 bits per heavy atom. The van der Waals surface area contributed by atoms with Crippen molar-refractivity contribution < 1.29 is 22.7 Å². The van der Waals surface area contributed by atoms with E-state index in [2.05, 4.69) is 4.72 Å². The van der Waals surface area contributed by atoms with Gasteiger partial charge in [0, 0.05) is 17.9 Å². The minimum absolute atomic E-state index is 0.0223. The molecule has 0 aromatic rings. The van der Waals surface area contributed by atoms with E-state index in [9.17, 15) is 18.0 Å². The topological polar surface area (TPSA) is 89.5 Å². The predicted molar refractivity (Wildman–Crippen MR) is 100 cm³/mol. The lowest BCUT2D eigenvalue weighted by Gasteiger charge is -2.72. The molecule has 2 bridgehead atoms. The van der Waals surface area contributed by atoms with Gasteiger partial charge in [0.05, 0.1) is 12.2 Å². The summed E-state index contributed by atoms with van der Waals surface area (Å²) in [5.41, 5.74) is -0.811. The Balaban J connectivity index is 1.72. The first-order valence-corrected chi connectivity index (χ1v) is 11.3. The highest BCUT2D eigenvalue weighted by Crippen LogP contribution is 2.71. The van der Waals surface area contributed by atoms with Gasteiger partial charge in [-0.3, -0.25) is 9.59 Å². The number of hydrogen-bond acceptors (Lipinski definition) is 5. The predicted octanol–water partition coefficient (Wildman–Crippen LogP) is 2.81. The maximum atomic E-state index is 12.5. The first kappa shape index (κ1) is 21.4. The number of esters is 1. The number of ketones is 1. The lowest BCUT2D eigenvalue weighted by atomic mass is 9.36. The molecule has 150 valence electrons. The highest BCUT2D eigenvalue weighted by molar-refractivity contribution is 7.88. The van der Waals surface area contributed by atoms with E-state index in [4.69, 9.17) is 4.74 Å². The largest absolute Gasteiger partial charge is 0.460 e. The Kier molecular flexibility index (Phi) is 5.66. The minimum Gasteiger partial charge on any atom is -0.460 e. The molecule has 0 aromatic carbocycles. The van der Waals surface area contributed by atoms with Crippen LogP contribution in [-0.4, -0.2) is 37.6 Å². The summed E-state index contributed by atoms with van der Waals surface area (Å²) < 4.78 is 30.9. The second kappa shape index (κ2) is 6.89. The zero-order valence-corrected chi connectivity index (χ0v) is 17.7. The third-order valence-corrected chi connectivity index (χ3v) is 6.55. The van der Waals surface area contributed by atoms with Gasteiger partial charge in [-0.25, -0.2) is 13.1 Å². The number of hydrogen-bond donors (Lipinski definition) is 1. The number of sulfonamides is 1. The average molecular weight is 388 g/mol. The van der Waals surface area contributed by atoms with E-state index in [0.717, 1.165) is 19.3 Å². The molecular formula is C19H33NO5S. The van der Waals surface area contributed by atoms with E-state index in [1.807, 2.05) is 34.6 Å². The number of carbonyl (C=O) groups excluding carboxylic acids is 2. The van der Waals surface area contributed by atoms with Gasteiger partial charge in [0.2, 0.25) is 10.0 Å². The normalized spacial score (nSPS) is 29.9. The summed E-state index contributed by atoms with van der Waals surface area (Å²) in [7, 11) is -3.20. The summed E-state index contributed by atoms with van der Waals surface area (Å²) >= 11 is 0. The van der Waals surface area contributed by atoms with E-state index >= 15 is 0 Å². The molecule has 3 saturated carbocycles. The van der Waals surface area contributed by atoms with Gasteiger partial charge < -0.3 is 4.74 Å². The van der Waals surface area contributed by atoms with Gasteiger partial charge in [0.15, 0.2) is 0 Å². The first-order chi connectivity index (χ1) is 11.7. The van der Waals surface area contributed by atoms with Crippen molar-refractivity contribution in [1.82, 2.24) is 4.72 Å². The molecule has 2 atom stereocenters. The lowest BCUT2D eigenvalue weighted by Crippen LogP contribution is -2.76. The van der Waals surface area contributed by atoms with E-state index in [-0.39, 0.29) is 34.5 Å². The Hall–Kier alpha value is -0.950. The van der Waals surface area contributed by atoms with Crippen molar-refractivity contribution in [2.75, 3.05) is 6.26 Å². The van der Waals surface area contributed by atoms with Crippen LogP contribution in [0.15, 0.2) is 0 Å². The maximum absolute atomic E-state index is 12.5. The van der Waals surface area contributed by atoms with Crippen molar-refractivity contribution in [3.05, 3.63) is 0 Å². The van der Waals surface area contributed by atoms with E-state index < -0.39 is 15.6 Å². The molecule has 7 heteroatoms. The molecule has 3 aliphatic carbocycles. The van der Waals surface area contributed by atoms with Gasteiger partial charge in [0.1, 0.15) is 11.4 Å². The SMILES string of the molecule is CC(CCCC(=O)C(C)C12CC(NS(C)(=O)=O)(C1)C2)C(=O)OC(C)(C)C. The van der Waals surface area contributed by atoms with Crippen molar-refractivity contribution in [3.63, 3.8) is 0 Å². The Morgan fingerprint density at radius 3 is 2.15 bits per heavy atom. The van der Waals surface area contributed by atoms with Gasteiger partial charge in [-0.1, -0.05) is 13.8 Å². The van der Waals surface area contributed by atoms with Gasteiger partial charge in [-0.2, -0.15) is 0 Å². The molecule has 1 N–H and O–H groups in total. The number of Topliss-reactive ketones (excluding diaryl/α,β-unsaturated/α-hetero) is 1. The molecule has 2 unspecified atom stereocenters. The summed E-state index contributed by atoms with van der Waals surface area (Å²) in [6.07, 6.45) is 5.23. The quantitative estimate of drug-likeness (QED) is 0.615. The monoisotopic (exact) mass is 387 g/mol. The second-order valence-corrected chi connectivity index (χ2v) is 11.3. The first-order valence-electron chi connectivity index (χ1n) is 9.42. The fourth-order valence-electron chi connectivity index (χ4n) is 4.49. The van der Waals surface area contributed by atoms with Crippen LogP contribution < -0.4 is 4.72 Å². The molecule has 0 radical (unpaired) electrons. The Labute approximate surface area is 157 Å². The number of nitrogens with one attached hydrogen (secondary N) is 1. The summed E-state index contributed by atoms with van der Waals surface area (Å²) in [5.74, 6) is -0.266. The molecular weight excluding hydrogens is 354 g/mol. The van der Waals surface area contributed by atoms with Crippen LogP contribution in [0.1, 0.15) is 73.1 Å². The highest BCUT2D eigenvalue weighted by atomic mass is 32.2. The van der Waals surface area contributed by atoms with E-state index in [1.54, 1.807) is 0 Å². The smallest absolute Gasteiger partial charge is 0.309 e. The summed E-state index contributed by atoms with van der Waals surface area (Å²) in [6, 6.07) is 0. The number of rotatable bonds is 9. The molecule has 0 saturated heterocycles. The van der Waals surface area contributed by atoms with Crippen molar-refractivity contribution >= 4 is 21.8 Å². The second-order valence-electron chi connectivity index (χ2n) is 9.56. The van der Waals surface area contributed by atoms with Gasteiger partial charge in [0.25, 0.3) is 0 Å². The number of ether oxygens (including phenoxy) is 1. The molecule has 0 heterocycles. The summed E-state index contributed by atoms with van der Waals surface area (Å²) in [4.78, 5) is 24.5. The molecule has 0 amide bonds. The van der Waals surface area contributed by atoms with Crippen LogP contribution in [-0.2, 0) is 24.3 Å². The van der Waals surface area contributed by atoms with Crippen LogP contribution in [0.2, 0.25) is 0 Å². The number of carbonyl (C=O) groups is 2. The van der Waals surface area contributed by atoms with Crippen molar-refractivity contribution in [2.24, 2.45) is 17.3 Å². The molecule has 0 spiro atoms. The Bertz CT molecular complexity index is 657. The Morgan fingerprint density at radius 2 is 1.69 bits per heavy atom. The third kappa shape index (κ3) is 4.85. The molecule has 3 aliphatic rings. The van der Waals surface area contributed by atoms with Gasteiger partial charge in [-0.15, -0.1) is 0 Å².